The molecule has 24 heavy (non-hydrogen) atoms. The van der Waals surface area contributed by atoms with E-state index >= 15 is 0 Å². The zero-order valence-electron chi connectivity index (χ0n) is 14.9. The summed E-state index contributed by atoms with van der Waals surface area (Å²) in [4.78, 5) is 11.9. The third-order valence-electron chi connectivity index (χ3n) is 3.62. The second-order valence-electron chi connectivity index (χ2n) is 5.99. The van der Waals surface area contributed by atoms with E-state index in [2.05, 4.69) is 5.32 Å². The van der Waals surface area contributed by atoms with Crippen LogP contribution in [0.1, 0.15) is 38.2 Å². The fourth-order valence-electron chi connectivity index (χ4n) is 2.40. The highest BCUT2D eigenvalue weighted by Gasteiger charge is 2.21. The molecule has 1 aromatic carbocycles. The van der Waals surface area contributed by atoms with E-state index in [0.717, 1.165) is 12.0 Å². The van der Waals surface area contributed by atoms with Crippen LogP contribution in [0.15, 0.2) is 24.3 Å². The van der Waals surface area contributed by atoms with Gasteiger partial charge in [-0.2, -0.15) is 0 Å². The molecule has 0 heterocycles. The molecule has 0 aliphatic carbocycles. The second kappa shape index (κ2) is 9.64. The summed E-state index contributed by atoms with van der Waals surface area (Å²) in [5, 5.41) is 2.77. The van der Waals surface area contributed by atoms with Crippen LogP contribution in [0, 0.1) is 0 Å². The number of nitrogens with zero attached hydrogens (tertiary/aromatic N) is 1. The minimum atomic E-state index is -3.47. The van der Waals surface area contributed by atoms with Crippen molar-refractivity contribution in [3.8, 4) is 0 Å². The van der Waals surface area contributed by atoms with Crippen LogP contribution in [0.5, 0.6) is 0 Å². The van der Waals surface area contributed by atoms with Crippen LogP contribution >= 0.6 is 0 Å². The maximum absolute atomic E-state index is 12.2. The van der Waals surface area contributed by atoms with Gasteiger partial charge < -0.3 is 10.1 Å². The van der Waals surface area contributed by atoms with Gasteiger partial charge in [0.25, 0.3) is 0 Å². The van der Waals surface area contributed by atoms with Crippen molar-refractivity contribution >= 4 is 21.6 Å². The monoisotopic (exact) mass is 356 g/mol. The van der Waals surface area contributed by atoms with Gasteiger partial charge in [0.1, 0.15) is 0 Å². The first-order chi connectivity index (χ1) is 11.3. The Bertz CT molecular complexity index is 629. The van der Waals surface area contributed by atoms with Crippen molar-refractivity contribution in [2.75, 3.05) is 37.4 Å². The Hall–Kier alpha value is -1.60. The quantitative estimate of drug-likeness (QED) is 0.652. The summed E-state index contributed by atoms with van der Waals surface area (Å²) < 4.78 is 30.6. The molecule has 0 aliphatic heterocycles. The zero-order valence-corrected chi connectivity index (χ0v) is 15.7. The van der Waals surface area contributed by atoms with Gasteiger partial charge in [-0.3, -0.25) is 9.10 Å². The fraction of sp³-hybridized carbons (Fsp3) is 0.588. The summed E-state index contributed by atoms with van der Waals surface area (Å²) in [5.41, 5.74) is 1.59. The van der Waals surface area contributed by atoms with E-state index in [4.69, 9.17) is 4.74 Å². The minimum absolute atomic E-state index is 0.118. The molecule has 0 saturated heterocycles. The van der Waals surface area contributed by atoms with E-state index in [1.165, 1.54) is 10.6 Å². The Morgan fingerprint density at radius 3 is 2.54 bits per heavy atom. The van der Waals surface area contributed by atoms with Crippen LogP contribution < -0.4 is 9.62 Å². The predicted molar refractivity (Wildman–Crippen MR) is 96.8 cm³/mol. The van der Waals surface area contributed by atoms with Crippen molar-refractivity contribution in [2.45, 2.75) is 32.6 Å². The van der Waals surface area contributed by atoms with Crippen molar-refractivity contribution in [2.24, 2.45) is 0 Å². The number of carbonyl (C=O) groups excluding carboxylic acids is 1. The number of amides is 1. The molecule has 1 aromatic rings. The molecule has 0 radical (unpaired) electrons. The van der Waals surface area contributed by atoms with E-state index in [0.29, 0.717) is 18.8 Å². The second-order valence-corrected chi connectivity index (χ2v) is 7.90. The Labute approximate surface area is 145 Å². The summed E-state index contributed by atoms with van der Waals surface area (Å²) in [6, 6.07) is 7.40. The Morgan fingerprint density at radius 1 is 1.29 bits per heavy atom. The van der Waals surface area contributed by atoms with E-state index in [9.17, 15) is 13.2 Å². The van der Waals surface area contributed by atoms with Crippen LogP contribution in [0.4, 0.5) is 5.69 Å². The third kappa shape index (κ3) is 6.49. The first kappa shape index (κ1) is 20.4. The van der Waals surface area contributed by atoms with Crippen LogP contribution in [0.2, 0.25) is 0 Å². The lowest BCUT2D eigenvalue weighted by molar-refractivity contribution is -0.120. The number of nitrogens with one attached hydrogen (secondary N) is 1. The van der Waals surface area contributed by atoms with Gasteiger partial charge in [0.05, 0.1) is 11.9 Å². The number of hydrogen-bond acceptors (Lipinski definition) is 4. The number of ether oxygens (including phenoxy) is 1. The highest BCUT2D eigenvalue weighted by atomic mass is 32.2. The maximum atomic E-state index is 12.2. The molecule has 1 N–H and O–H groups in total. The zero-order chi connectivity index (χ0) is 18.2. The molecule has 0 aromatic heterocycles. The third-order valence-corrected chi connectivity index (χ3v) is 4.80. The van der Waals surface area contributed by atoms with E-state index in [-0.39, 0.29) is 24.8 Å². The summed E-state index contributed by atoms with van der Waals surface area (Å²) in [6.07, 6.45) is 2.02. The van der Waals surface area contributed by atoms with Crippen LogP contribution in [-0.2, 0) is 19.6 Å². The summed E-state index contributed by atoms with van der Waals surface area (Å²) >= 11 is 0. The van der Waals surface area contributed by atoms with Gasteiger partial charge in [-0.1, -0.05) is 32.0 Å². The lowest BCUT2D eigenvalue weighted by Crippen LogP contribution is -2.35. The Kier molecular flexibility index (Phi) is 8.21. The van der Waals surface area contributed by atoms with E-state index < -0.39 is 10.0 Å². The van der Waals surface area contributed by atoms with Crippen molar-refractivity contribution < 1.29 is 17.9 Å². The molecule has 0 unspecified atom stereocenters. The van der Waals surface area contributed by atoms with Crippen molar-refractivity contribution in [1.29, 1.82) is 0 Å². The molecule has 1 amide bonds. The summed E-state index contributed by atoms with van der Waals surface area (Å²) in [5.74, 6) is 0.0232. The Balaban J connectivity index is 2.81. The number of para-hydroxylation sites is 1. The molecular weight excluding hydrogens is 328 g/mol. The van der Waals surface area contributed by atoms with Crippen molar-refractivity contribution in [3.63, 3.8) is 0 Å². The molecular formula is C17H28N2O4S. The fourth-order valence-corrected chi connectivity index (χ4v) is 3.35. The lowest BCUT2D eigenvalue weighted by atomic mass is 10.0. The van der Waals surface area contributed by atoms with Gasteiger partial charge in [-0.15, -0.1) is 0 Å². The molecule has 0 spiro atoms. The highest BCUT2D eigenvalue weighted by molar-refractivity contribution is 7.92. The first-order valence-corrected chi connectivity index (χ1v) is 9.94. The van der Waals surface area contributed by atoms with Crippen LogP contribution in [0.25, 0.3) is 0 Å². The lowest BCUT2D eigenvalue weighted by Gasteiger charge is -2.26. The summed E-state index contributed by atoms with van der Waals surface area (Å²) in [7, 11) is -1.86. The number of carbonyl (C=O) groups is 1. The Morgan fingerprint density at radius 2 is 1.96 bits per heavy atom. The van der Waals surface area contributed by atoms with Gasteiger partial charge in [-0.25, -0.2) is 8.42 Å². The van der Waals surface area contributed by atoms with Crippen LogP contribution in [0.3, 0.4) is 0 Å². The molecule has 136 valence electrons. The molecule has 0 aliphatic rings. The van der Waals surface area contributed by atoms with Crippen LogP contribution in [-0.4, -0.2) is 47.4 Å². The first-order valence-electron chi connectivity index (χ1n) is 8.09. The molecule has 0 fully saturated rings. The van der Waals surface area contributed by atoms with E-state index in [1.807, 2.05) is 32.0 Å². The number of hydrogen-bond donors (Lipinski definition) is 1. The standard InChI is InChI=1S/C17H28N2O4S/c1-14(2)15-8-5-6-9-16(15)19(24(4,21)22)12-10-17(20)18-11-7-13-23-3/h5-6,8-9,14H,7,10-13H2,1-4H3,(H,18,20). The van der Waals surface area contributed by atoms with Gasteiger partial charge in [-0.05, 0) is 24.0 Å². The average molecular weight is 356 g/mol. The van der Waals surface area contributed by atoms with Crippen molar-refractivity contribution in [1.82, 2.24) is 5.32 Å². The molecule has 0 bridgehead atoms. The molecule has 1 rings (SSSR count). The van der Waals surface area contributed by atoms with Gasteiger partial charge in [0.2, 0.25) is 15.9 Å². The minimum Gasteiger partial charge on any atom is -0.385 e. The number of benzene rings is 1. The largest absolute Gasteiger partial charge is 0.385 e. The van der Waals surface area contributed by atoms with Crippen molar-refractivity contribution in [3.05, 3.63) is 29.8 Å². The highest BCUT2D eigenvalue weighted by Crippen LogP contribution is 2.29. The molecule has 6 nitrogen and oxygen atoms in total. The van der Waals surface area contributed by atoms with Gasteiger partial charge >= 0.3 is 0 Å². The van der Waals surface area contributed by atoms with Gasteiger partial charge in [0, 0.05) is 33.2 Å². The topological polar surface area (TPSA) is 75.7 Å². The number of rotatable bonds is 10. The normalized spacial score (nSPS) is 11.5. The number of anilines is 1. The molecule has 7 heteroatoms. The molecule has 0 atom stereocenters. The number of methoxy groups -OCH3 is 1. The van der Waals surface area contributed by atoms with E-state index in [1.54, 1.807) is 13.2 Å². The maximum Gasteiger partial charge on any atom is 0.232 e. The smallest absolute Gasteiger partial charge is 0.232 e. The number of sulfonamides is 1. The van der Waals surface area contributed by atoms with Gasteiger partial charge in [0.15, 0.2) is 0 Å². The average Bonchev–Trinajstić information content (AvgIpc) is 2.50. The summed E-state index contributed by atoms with van der Waals surface area (Å²) in [6.45, 7) is 5.26. The SMILES string of the molecule is COCCCNC(=O)CCN(c1ccccc1C(C)C)S(C)(=O)=O. The molecule has 0 saturated carbocycles. The predicted octanol–water partition coefficient (Wildman–Crippen LogP) is 2.12.